The number of benzene rings is 1. The van der Waals surface area contributed by atoms with Crippen LogP contribution in [-0.2, 0) is 9.36 Å². The minimum Gasteiger partial charge on any atom is -0.343 e. The van der Waals surface area contributed by atoms with E-state index in [1.807, 2.05) is 44.2 Å². The molecule has 124 valence electrons. The van der Waals surface area contributed by atoms with Gasteiger partial charge >= 0.3 is 0 Å². The van der Waals surface area contributed by atoms with E-state index < -0.39 is 7.14 Å². The number of amides is 1. The van der Waals surface area contributed by atoms with Crippen LogP contribution in [0.2, 0.25) is 0 Å². The molecule has 0 radical (unpaired) electrons. The Labute approximate surface area is 135 Å². The fraction of sp³-hybridized carbons (Fsp3) is 0.611. The van der Waals surface area contributed by atoms with Crippen LogP contribution in [-0.4, -0.2) is 36.2 Å². The highest BCUT2D eigenvalue weighted by Gasteiger charge is 2.29. The topological polar surface area (TPSA) is 37.4 Å². The smallest absolute Gasteiger partial charge is 0.230 e. The molecule has 0 heterocycles. The molecule has 3 nitrogen and oxygen atoms in total. The first kappa shape index (κ1) is 19.0. The largest absolute Gasteiger partial charge is 0.343 e. The third-order valence-corrected chi connectivity index (χ3v) is 7.17. The number of rotatable bonds is 10. The highest BCUT2D eigenvalue weighted by Crippen LogP contribution is 2.45. The molecule has 1 rings (SSSR count). The van der Waals surface area contributed by atoms with Gasteiger partial charge in [0.05, 0.1) is 6.16 Å². The third kappa shape index (κ3) is 5.61. The molecule has 0 saturated heterocycles. The zero-order valence-electron chi connectivity index (χ0n) is 14.3. The lowest BCUT2D eigenvalue weighted by Crippen LogP contribution is -2.34. The van der Waals surface area contributed by atoms with E-state index in [1.165, 1.54) is 6.42 Å². The van der Waals surface area contributed by atoms with Gasteiger partial charge in [-0.05, 0) is 20.3 Å². The van der Waals surface area contributed by atoms with E-state index in [2.05, 4.69) is 6.92 Å². The summed E-state index contributed by atoms with van der Waals surface area (Å²) in [5.74, 6) is 0.0210. The molecule has 0 aromatic heterocycles. The SMILES string of the molecule is CCCCCCP(=O)(CC(=O)N(CC)CC)c1ccccc1. The molecule has 1 amide bonds. The molecular weight excluding hydrogens is 293 g/mol. The standard InChI is InChI=1S/C18H30NO2P/c1-4-7-8-12-15-22(21,17-13-10-9-11-14-17)16-18(20)19(5-2)6-3/h9-11,13-14H,4-8,12,15-16H2,1-3H3. The molecular formula is C18H30NO2P. The van der Waals surface area contributed by atoms with Gasteiger partial charge in [-0.25, -0.2) is 0 Å². The van der Waals surface area contributed by atoms with Crippen molar-refractivity contribution in [3.8, 4) is 0 Å². The van der Waals surface area contributed by atoms with Gasteiger partial charge in [0.15, 0.2) is 0 Å². The summed E-state index contributed by atoms with van der Waals surface area (Å²) in [5.41, 5.74) is 0. The molecule has 0 aliphatic heterocycles. The first-order valence-electron chi connectivity index (χ1n) is 8.48. The Morgan fingerprint density at radius 1 is 1.00 bits per heavy atom. The summed E-state index contributed by atoms with van der Waals surface area (Å²) in [7, 11) is -2.64. The normalized spacial score (nSPS) is 13.6. The quantitative estimate of drug-likeness (QED) is 0.480. The zero-order valence-corrected chi connectivity index (χ0v) is 15.1. The second-order valence-corrected chi connectivity index (χ2v) is 8.79. The second-order valence-electron chi connectivity index (χ2n) is 5.73. The average molecular weight is 323 g/mol. The fourth-order valence-corrected chi connectivity index (χ4v) is 5.37. The van der Waals surface area contributed by atoms with Crippen LogP contribution in [0.15, 0.2) is 30.3 Å². The number of unbranched alkanes of at least 4 members (excludes halogenated alkanes) is 3. The molecule has 1 atom stereocenters. The van der Waals surface area contributed by atoms with E-state index in [0.29, 0.717) is 19.3 Å². The summed E-state index contributed by atoms with van der Waals surface area (Å²) >= 11 is 0. The maximum atomic E-state index is 13.5. The van der Waals surface area contributed by atoms with Crippen molar-refractivity contribution in [2.75, 3.05) is 25.4 Å². The Morgan fingerprint density at radius 3 is 2.18 bits per heavy atom. The van der Waals surface area contributed by atoms with Crippen molar-refractivity contribution in [2.24, 2.45) is 0 Å². The van der Waals surface area contributed by atoms with Crippen LogP contribution in [0.3, 0.4) is 0 Å². The zero-order chi connectivity index (χ0) is 16.4. The maximum Gasteiger partial charge on any atom is 0.230 e. The van der Waals surface area contributed by atoms with E-state index in [1.54, 1.807) is 4.90 Å². The second kappa shape index (κ2) is 9.84. The molecule has 0 N–H and O–H groups in total. The third-order valence-electron chi connectivity index (χ3n) is 4.11. The highest BCUT2D eigenvalue weighted by molar-refractivity contribution is 7.72. The first-order chi connectivity index (χ1) is 10.6. The van der Waals surface area contributed by atoms with Crippen LogP contribution in [0.4, 0.5) is 0 Å². The molecule has 1 aromatic carbocycles. The van der Waals surface area contributed by atoms with Crippen molar-refractivity contribution in [2.45, 2.75) is 46.5 Å². The molecule has 0 spiro atoms. The van der Waals surface area contributed by atoms with Gasteiger partial charge in [0.2, 0.25) is 5.91 Å². The van der Waals surface area contributed by atoms with Crippen LogP contribution in [0.25, 0.3) is 0 Å². The number of carbonyl (C=O) groups excluding carboxylic acids is 1. The fourth-order valence-electron chi connectivity index (χ4n) is 2.69. The van der Waals surface area contributed by atoms with Gasteiger partial charge in [0.1, 0.15) is 7.14 Å². The first-order valence-corrected chi connectivity index (χ1v) is 10.6. The van der Waals surface area contributed by atoms with Crippen molar-refractivity contribution < 1.29 is 9.36 Å². The van der Waals surface area contributed by atoms with Gasteiger partial charge in [-0.1, -0.05) is 56.5 Å². The molecule has 4 heteroatoms. The van der Waals surface area contributed by atoms with Gasteiger partial charge in [-0.2, -0.15) is 0 Å². The van der Waals surface area contributed by atoms with Crippen molar-refractivity contribution in [3.63, 3.8) is 0 Å². The Hall–Kier alpha value is -1.08. The summed E-state index contributed by atoms with van der Waals surface area (Å²) in [6.07, 6.45) is 5.17. The molecule has 0 bridgehead atoms. The summed E-state index contributed by atoms with van der Waals surface area (Å²) in [6, 6.07) is 9.58. The highest BCUT2D eigenvalue weighted by atomic mass is 31.2. The molecule has 0 aliphatic rings. The molecule has 1 aromatic rings. The monoisotopic (exact) mass is 323 g/mol. The van der Waals surface area contributed by atoms with Gasteiger partial charge in [0, 0.05) is 24.6 Å². The number of hydrogen-bond acceptors (Lipinski definition) is 2. The van der Waals surface area contributed by atoms with Crippen LogP contribution in [0.1, 0.15) is 46.5 Å². The van der Waals surface area contributed by atoms with Crippen LogP contribution in [0.5, 0.6) is 0 Å². The number of hydrogen-bond donors (Lipinski definition) is 0. The Kier molecular flexibility index (Phi) is 8.48. The maximum absolute atomic E-state index is 13.5. The van der Waals surface area contributed by atoms with Crippen LogP contribution in [0, 0.1) is 0 Å². The number of carbonyl (C=O) groups is 1. The van der Waals surface area contributed by atoms with E-state index in [9.17, 15) is 9.36 Å². The van der Waals surface area contributed by atoms with Gasteiger partial charge in [-0.3, -0.25) is 4.79 Å². The van der Waals surface area contributed by atoms with Gasteiger partial charge in [0.25, 0.3) is 0 Å². The lowest BCUT2D eigenvalue weighted by molar-refractivity contribution is -0.128. The molecule has 0 aliphatic carbocycles. The lowest BCUT2D eigenvalue weighted by Gasteiger charge is -2.24. The summed E-state index contributed by atoms with van der Waals surface area (Å²) in [6.45, 7) is 7.47. The van der Waals surface area contributed by atoms with E-state index in [-0.39, 0.29) is 12.1 Å². The Balaban J connectivity index is 2.87. The average Bonchev–Trinajstić information content (AvgIpc) is 2.53. The van der Waals surface area contributed by atoms with Crippen molar-refractivity contribution in [1.82, 2.24) is 4.90 Å². The molecule has 0 saturated carbocycles. The number of nitrogens with zero attached hydrogens (tertiary/aromatic N) is 1. The van der Waals surface area contributed by atoms with Gasteiger partial charge < -0.3 is 9.46 Å². The summed E-state index contributed by atoms with van der Waals surface area (Å²) in [5, 5.41) is 0.854. The Bertz CT molecular complexity index is 483. The predicted molar refractivity (Wildman–Crippen MR) is 95.5 cm³/mol. The molecule has 1 unspecified atom stereocenters. The van der Waals surface area contributed by atoms with Crippen molar-refractivity contribution in [3.05, 3.63) is 30.3 Å². The lowest BCUT2D eigenvalue weighted by atomic mass is 10.2. The molecule has 0 fully saturated rings. The molecule has 22 heavy (non-hydrogen) atoms. The van der Waals surface area contributed by atoms with Crippen molar-refractivity contribution >= 4 is 18.4 Å². The van der Waals surface area contributed by atoms with E-state index >= 15 is 0 Å². The predicted octanol–water partition coefficient (Wildman–Crippen LogP) is 4.12. The Morgan fingerprint density at radius 2 is 1.64 bits per heavy atom. The minimum absolute atomic E-state index is 0.0210. The summed E-state index contributed by atoms with van der Waals surface area (Å²) < 4.78 is 13.5. The summed E-state index contributed by atoms with van der Waals surface area (Å²) in [4.78, 5) is 14.2. The minimum atomic E-state index is -2.64. The van der Waals surface area contributed by atoms with Crippen LogP contribution < -0.4 is 5.30 Å². The van der Waals surface area contributed by atoms with Crippen LogP contribution >= 0.6 is 7.14 Å². The van der Waals surface area contributed by atoms with Crippen molar-refractivity contribution in [1.29, 1.82) is 0 Å². The van der Waals surface area contributed by atoms with E-state index in [4.69, 9.17) is 0 Å². The van der Waals surface area contributed by atoms with E-state index in [0.717, 1.165) is 24.6 Å². The van der Waals surface area contributed by atoms with Gasteiger partial charge in [-0.15, -0.1) is 0 Å².